The van der Waals surface area contributed by atoms with Crippen LogP contribution in [0.4, 0.5) is 0 Å². The molecular formula is C10H14N+. The number of aryl methyl sites for hydroxylation is 1. The van der Waals surface area contributed by atoms with E-state index in [1.165, 1.54) is 11.3 Å². The van der Waals surface area contributed by atoms with E-state index in [1.54, 1.807) is 0 Å². The maximum atomic E-state index is 3.73. The normalized spacial score (nSPS) is 9.64. The molecule has 0 aliphatic carbocycles. The van der Waals surface area contributed by atoms with Gasteiger partial charge in [0.1, 0.15) is 0 Å². The Morgan fingerprint density at radius 3 is 2.91 bits per heavy atom. The fourth-order valence-corrected chi connectivity index (χ4v) is 1.22. The van der Waals surface area contributed by atoms with Gasteiger partial charge in [-0.25, -0.2) is 0 Å². The number of hydrogen-bond acceptors (Lipinski definition) is 0. The van der Waals surface area contributed by atoms with Crippen LogP contribution in [0.2, 0.25) is 0 Å². The SMILES string of the molecule is C=C[n+]1cccc(CC)c1C. The van der Waals surface area contributed by atoms with Gasteiger partial charge in [-0.3, -0.25) is 0 Å². The Labute approximate surface area is 68.0 Å². The Morgan fingerprint density at radius 2 is 2.36 bits per heavy atom. The molecule has 1 heteroatoms. The van der Waals surface area contributed by atoms with Gasteiger partial charge in [-0.2, -0.15) is 4.57 Å². The first-order valence-corrected chi connectivity index (χ1v) is 3.91. The fourth-order valence-electron chi connectivity index (χ4n) is 1.22. The van der Waals surface area contributed by atoms with Crippen molar-refractivity contribution >= 4 is 6.20 Å². The molecule has 0 fully saturated rings. The van der Waals surface area contributed by atoms with Gasteiger partial charge in [0, 0.05) is 18.6 Å². The molecule has 0 saturated carbocycles. The summed E-state index contributed by atoms with van der Waals surface area (Å²) in [6, 6.07) is 4.20. The predicted molar refractivity (Wildman–Crippen MR) is 47.1 cm³/mol. The molecular weight excluding hydrogens is 134 g/mol. The van der Waals surface area contributed by atoms with E-state index >= 15 is 0 Å². The zero-order valence-electron chi connectivity index (χ0n) is 7.17. The lowest BCUT2D eigenvalue weighted by Crippen LogP contribution is -2.29. The highest BCUT2D eigenvalue weighted by Crippen LogP contribution is 2.01. The van der Waals surface area contributed by atoms with Gasteiger partial charge < -0.3 is 0 Å². The Hall–Kier alpha value is -1.11. The zero-order valence-corrected chi connectivity index (χ0v) is 7.17. The number of aromatic nitrogens is 1. The Bertz CT molecular complexity index is 264. The standard InChI is InChI=1S/C10H14N/c1-4-10-7-6-8-11(5-2)9(10)3/h5-8H,2,4H2,1,3H3/q+1. The molecule has 0 spiro atoms. The van der Waals surface area contributed by atoms with Gasteiger partial charge in [-0.15, -0.1) is 0 Å². The third-order valence-corrected chi connectivity index (χ3v) is 1.97. The van der Waals surface area contributed by atoms with Crippen molar-refractivity contribution in [2.45, 2.75) is 20.3 Å². The summed E-state index contributed by atoms with van der Waals surface area (Å²) in [7, 11) is 0. The third-order valence-electron chi connectivity index (χ3n) is 1.97. The van der Waals surface area contributed by atoms with Crippen molar-refractivity contribution in [1.82, 2.24) is 0 Å². The molecule has 1 heterocycles. The van der Waals surface area contributed by atoms with Crippen LogP contribution in [0.15, 0.2) is 24.9 Å². The predicted octanol–water partition coefficient (Wildman–Crippen LogP) is 1.95. The molecule has 0 amide bonds. The van der Waals surface area contributed by atoms with Crippen LogP contribution in [0.1, 0.15) is 18.2 Å². The van der Waals surface area contributed by atoms with E-state index in [-0.39, 0.29) is 0 Å². The second-order valence-electron chi connectivity index (χ2n) is 2.56. The molecule has 1 nitrogen and oxygen atoms in total. The van der Waals surface area contributed by atoms with E-state index in [4.69, 9.17) is 0 Å². The lowest BCUT2D eigenvalue weighted by molar-refractivity contribution is -0.575. The summed E-state index contributed by atoms with van der Waals surface area (Å²) in [5.41, 5.74) is 2.66. The molecule has 0 aliphatic rings. The molecule has 0 saturated heterocycles. The van der Waals surface area contributed by atoms with Crippen LogP contribution in [0.25, 0.3) is 6.20 Å². The van der Waals surface area contributed by atoms with Gasteiger partial charge in [0.15, 0.2) is 18.1 Å². The number of rotatable bonds is 2. The Kier molecular flexibility index (Phi) is 2.42. The minimum absolute atomic E-state index is 1.08. The van der Waals surface area contributed by atoms with Gasteiger partial charge in [0.25, 0.3) is 0 Å². The monoisotopic (exact) mass is 148 g/mol. The lowest BCUT2D eigenvalue weighted by atomic mass is 10.1. The topological polar surface area (TPSA) is 3.88 Å². The van der Waals surface area contributed by atoms with E-state index < -0.39 is 0 Å². The molecule has 1 aromatic heterocycles. The lowest BCUT2D eigenvalue weighted by Gasteiger charge is -1.98. The van der Waals surface area contributed by atoms with Crippen molar-refractivity contribution in [3.63, 3.8) is 0 Å². The van der Waals surface area contributed by atoms with Crippen LogP contribution >= 0.6 is 0 Å². The fraction of sp³-hybridized carbons (Fsp3) is 0.300. The van der Waals surface area contributed by atoms with Gasteiger partial charge >= 0.3 is 0 Å². The van der Waals surface area contributed by atoms with Crippen LogP contribution in [0.3, 0.4) is 0 Å². The van der Waals surface area contributed by atoms with Crippen molar-refractivity contribution in [3.8, 4) is 0 Å². The second kappa shape index (κ2) is 3.33. The number of nitrogens with zero attached hydrogens (tertiary/aromatic N) is 1. The van der Waals surface area contributed by atoms with Crippen molar-refractivity contribution < 1.29 is 4.57 Å². The molecule has 0 aromatic carbocycles. The van der Waals surface area contributed by atoms with Gasteiger partial charge in [-0.1, -0.05) is 6.92 Å². The maximum Gasteiger partial charge on any atom is 0.187 e. The number of hydrogen-bond donors (Lipinski definition) is 0. The summed E-state index contributed by atoms with van der Waals surface area (Å²) in [6.45, 7) is 8.00. The van der Waals surface area contributed by atoms with Crippen molar-refractivity contribution in [2.24, 2.45) is 0 Å². The second-order valence-corrected chi connectivity index (χ2v) is 2.56. The van der Waals surface area contributed by atoms with Gasteiger partial charge in [-0.05, 0) is 19.1 Å². The molecule has 0 radical (unpaired) electrons. The molecule has 58 valence electrons. The van der Waals surface area contributed by atoms with E-state index in [0.29, 0.717) is 0 Å². The highest BCUT2D eigenvalue weighted by atomic mass is 14.9. The smallest absolute Gasteiger partial charge is 0.172 e. The largest absolute Gasteiger partial charge is 0.187 e. The van der Waals surface area contributed by atoms with Crippen LogP contribution in [-0.4, -0.2) is 0 Å². The highest BCUT2D eigenvalue weighted by molar-refractivity contribution is 5.16. The summed E-state index contributed by atoms with van der Waals surface area (Å²) in [4.78, 5) is 0. The summed E-state index contributed by atoms with van der Waals surface area (Å²) in [5.74, 6) is 0. The minimum Gasteiger partial charge on any atom is -0.172 e. The van der Waals surface area contributed by atoms with E-state index in [1.807, 2.05) is 23.0 Å². The molecule has 1 rings (SSSR count). The van der Waals surface area contributed by atoms with Crippen LogP contribution < -0.4 is 4.57 Å². The molecule has 11 heavy (non-hydrogen) atoms. The average molecular weight is 148 g/mol. The Balaban J connectivity index is 3.20. The van der Waals surface area contributed by atoms with E-state index in [9.17, 15) is 0 Å². The molecule has 0 N–H and O–H groups in total. The first-order valence-electron chi connectivity index (χ1n) is 3.91. The first kappa shape index (κ1) is 7.99. The maximum absolute atomic E-state index is 3.73. The van der Waals surface area contributed by atoms with E-state index in [0.717, 1.165) is 6.42 Å². The molecule has 0 aliphatic heterocycles. The molecule has 0 atom stereocenters. The zero-order chi connectivity index (χ0) is 8.27. The van der Waals surface area contributed by atoms with Crippen molar-refractivity contribution in [1.29, 1.82) is 0 Å². The Morgan fingerprint density at radius 1 is 1.64 bits per heavy atom. The third kappa shape index (κ3) is 1.48. The van der Waals surface area contributed by atoms with Crippen LogP contribution in [0.5, 0.6) is 0 Å². The highest BCUT2D eigenvalue weighted by Gasteiger charge is 2.05. The molecule has 1 aromatic rings. The number of pyridine rings is 1. The minimum atomic E-state index is 1.08. The average Bonchev–Trinajstić information content (AvgIpc) is 2.05. The summed E-state index contributed by atoms with van der Waals surface area (Å²) in [6.07, 6.45) is 4.93. The van der Waals surface area contributed by atoms with E-state index in [2.05, 4.69) is 26.5 Å². The summed E-state index contributed by atoms with van der Waals surface area (Å²) in [5, 5.41) is 0. The van der Waals surface area contributed by atoms with Crippen molar-refractivity contribution in [2.75, 3.05) is 0 Å². The van der Waals surface area contributed by atoms with Gasteiger partial charge in [0.2, 0.25) is 0 Å². The van der Waals surface area contributed by atoms with Crippen molar-refractivity contribution in [3.05, 3.63) is 36.2 Å². The first-order chi connectivity index (χ1) is 5.29. The van der Waals surface area contributed by atoms with Crippen LogP contribution in [0, 0.1) is 6.92 Å². The summed E-state index contributed by atoms with van der Waals surface area (Å²) < 4.78 is 2.04. The molecule has 0 unspecified atom stereocenters. The quantitative estimate of drug-likeness (QED) is 0.564. The van der Waals surface area contributed by atoms with Gasteiger partial charge in [0.05, 0.1) is 0 Å². The summed E-state index contributed by atoms with van der Waals surface area (Å²) >= 11 is 0. The molecule has 0 bridgehead atoms. The van der Waals surface area contributed by atoms with Crippen LogP contribution in [-0.2, 0) is 6.42 Å².